The van der Waals surface area contributed by atoms with Gasteiger partial charge in [-0.3, -0.25) is 4.79 Å². The van der Waals surface area contributed by atoms with E-state index in [1.54, 1.807) is 0 Å². The standard InChI is InChI=1S/C11H13F2NO3/c1-16-9(12)7-4-3-6(11(14)15)5-8(7)10(13)17-2/h3-5,9-10H,1-2H3,(H2,14,15). The van der Waals surface area contributed by atoms with E-state index >= 15 is 0 Å². The van der Waals surface area contributed by atoms with E-state index in [-0.39, 0.29) is 16.7 Å². The third-order valence-corrected chi connectivity index (χ3v) is 2.27. The topological polar surface area (TPSA) is 61.5 Å². The number of methoxy groups -OCH3 is 2. The number of hydrogen-bond donors (Lipinski definition) is 1. The number of alkyl halides is 2. The molecule has 2 N–H and O–H groups in total. The smallest absolute Gasteiger partial charge is 0.248 e. The van der Waals surface area contributed by atoms with E-state index in [2.05, 4.69) is 9.47 Å². The molecule has 0 saturated heterocycles. The highest BCUT2D eigenvalue weighted by Gasteiger charge is 2.21. The lowest BCUT2D eigenvalue weighted by Gasteiger charge is -2.15. The summed E-state index contributed by atoms with van der Waals surface area (Å²) < 4.78 is 35.8. The first-order valence-electron chi connectivity index (χ1n) is 4.78. The van der Waals surface area contributed by atoms with Gasteiger partial charge in [-0.25, -0.2) is 8.78 Å². The van der Waals surface area contributed by atoms with Gasteiger partial charge in [0.05, 0.1) is 0 Å². The zero-order valence-corrected chi connectivity index (χ0v) is 9.44. The molecule has 0 aliphatic carbocycles. The zero-order valence-electron chi connectivity index (χ0n) is 9.44. The van der Waals surface area contributed by atoms with Crippen molar-refractivity contribution in [2.75, 3.05) is 14.2 Å². The summed E-state index contributed by atoms with van der Waals surface area (Å²) in [7, 11) is 2.28. The Morgan fingerprint density at radius 1 is 1.18 bits per heavy atom. The molecule has 0 aliphatic heterocycles. The Morgan fingerprint density at radius 3 is 2.18 bits per heavy atom. The van der Waals surface area contributed by atoms with Gasteiger partial charge < -0.3 is 15.2 Å². The fourth-order valence-electron chi connectivity index (χ4n) is 1.39. The molecule has 1 aromatic carbocycles. The quantitative estimate of drug-likeness (QED) is 0.863. The van der Waals surface area contributed by atoms with Gasteiger partial charge in [-0.1, -0.05) is 6.07 Å². The molecule has 2 unspecified atom stereocenters. The number of rotatable bonds is 5. The minimum atomic E-state index is -1.85. The van der Waals surface area contributed by atoms with Crippen LogP contribution in [-0.2, 0) is 9.47 Å². The molecule has 0 saturated carbocycles. The third kappa shape index (κ3) is 2.98. The van der Waals surface area contributed by atoms with Crippen molar-refractivity contribution in [1.82, 2.24) is 0 Å². The van der Waals surface area contributed by atoms with Crippen molar-refractivity contribution in [2.45, 2.75) is 12.7 Å². The average molecular weight is 245 g/mol. The molecule has 17 heavy (non-hydrogen) atoms. The molecule has 0 bridgehead atoms. The summed E-state index contributed by atoms with van der Waals surface area (Å²) in [4.78, 5) is 10.9. The molecular weight excluding hydrogens is 232 g/mol. The predicted molar refractivity (Wildman–Crippen MR) is 56.7 cm³/mol. The Balaban J connectivity index is 3.26. The van der Waals surface area contributed by atoms with Crippen LogP contribution in [0.2, 0.25) is 0 Å². The summed E-state index contributed by atoms with van der Waals surface area (Å²) in [6.07, 6.45) is -3.64. The van der Waals surface area contributed by atoms with E-state index in [0.29, 0.717) is 0 Å². The molecule has 0 aliphatic rings. The van der Waals surface area contributed by atoms with Crippen LogP contribution < -0.4 is 5.73 Å². The van der Waals surface area contributed by atoms with Crippen LogP contribution in [0.15, 0.2) is 18.2 Å². The van der Waals surface area contributed by atoms with Crippen molar-refractivity contribution < 1.29 is 23.0 Å². The van der Waals surface area contributed by atoms with Crippen LogP contribution in [0.3, 0.4) is 0 Å². The Morgan fingerprint density at radius 2 is 1.71 bits per heavy atom. The van der Waals surface area contributed by atoms with Gasteiger partial charge in [0.25, 0.3) is 0 Å². The first-order chi connectivity index (χ1) is 8.01. The first-order valence-corrected chi connectivity index (χ1v) is 4.78. The van der Waals surface area contributed by atoms with Crippen LogP contribution in [0.5, 0.6) is 0 Å². The molecular formula is C11H13F2NO3. The van der Waals surface area contributed by atoms with E-state index < -0.39 is 18.6 Å². The fraction of sp³-hybridized carbons (Fsp3) is 0.364. The Bertz CT molecular complexity index is 412. The fourth-order valence-corrected chi connectivity index (χ4v) is 1.39. The third-order valence-electron chi connectivity index (χ3n) is 2.27. The summed E-state index contributed by atoms with van der Waals surface area (Å²) >= 11 is 0. The molecule has 94 valence electrons. The SMILES string of the molecule is COC(F)c1ccc(C(N)=O)cc1C(F)OC. The van der Waals surface area contributed by atoms with Gasteiger partial charge in [-0.05, 0) is 12.1 Å². The first kappa shape index (κ1) is 13.5. The van der Waals surface area contributed by atoms with Crippen LogP contribution in [-0.4, -0.2) is 20.1 Å². The van der Waals surface area contributed by atoms with Crippen molar-refractivity contribution >= 4 is 5.91 Å². The second-order valence-electron chi connectivity index (χ2n) is 3.31. The Hall–Kier alpha value is -1.53. The highest BCUT2D eigenvalue weighted by atomic mass is 19.2. The minimum Gasteiger partial charge on any atom is -0.366 e. The number of carbonyl (C=O) groups excluding carboxylic acids is 1. The molecule has 1 rings (SSSR count). The molecule has 0 spiro atoms. The summed E-state index contributed by atoms with van der Waals surface area (Å²) in [6.45, 7) is 0. The summed E-state index contributed by atoms with van der Waals surface area (Å²) in [5.41, 5.74) is 4.98. The molecule has 0 aromatic heterocycles. The highest BCUT2D eigenvalue weighted by Crippen LogP contribution is 2.30. The van der Waals surface area contributed by atoms with Crippen LogP contribution in [0.25, 0.3) is 0 Å². The molecule has 6 heteroatoms. The lowest BCUT2D eigenvalue weighted by atomic mass is 10.0. The van der Waals surface area contributed by atoms with Gasteiger partial charge in [0.1, 0.15) is 0 Å². The molecule has 4 nitrogen and oxygen atoms in total. The van der Waals surface area contributed by atoms with E-state index in [0.717, 1.165) is 20.3 Å². The molecule has 0 heterocycles. The second-order valence-corrected chi connectivity index (χ2v) is 3.31. The largest absolute Gasteiger partial charge is 0.366 e. The minimum absolute atomic E-state index is 0.0353. The van der Waals surface area contributed by atoms with Gasteiger partial charge in [0, 0.05) is 30.9 Å². The maximum atomic E-state index is 13.5. The molecule has 0 fully saturated rings. The molecule has 0 radical (unpaired) electrons. The molecule has 1 aromatic rings. The van der Waals surface area contributed by atoms with Crippen LogP contribution in [0.1, 0.15) is 34.2 Å². The molecule has 1 amide bonds. The van der Waals surface area contributed by atoms with Gasteiger partial charge in [-0.15, -0.1) is 0 Å². The van der Waals surface area contributed by atoms with Gasteiger partial charge in [0.2, 0.25) is 18.6 Å². The normalized spacial score (nSPS) is 14.4. The van der Waals surface area contributed by atoms with Gasteiger partial charge in [0.15, 0.2) is 0 Å². The number of ether oxygens (including phenoxy) is 2. The van der Waals surface area contributed by atoms with Crippen molar-refractivity contribution in [3.8, 4) is 0 Å². The zero-order chi connectivity index (χ0) is 13.0. The van der Waals surface area contributed by atoms with E-state index in [9.17, 15) is 13.6 Å². The summed E-state index contributed by atoms with van der Waals surface area (Å²) in [6, 6.07) is 3.70. The monoisotopic (exact) mass is 245 g/mol. The average Bonchev–Trinajstić information content (AvgIpc) is 2.35. The lowest BCUT2D eigenvalue weighted by Crippen LogP contribution is -2.13. The summed E-state index contributed by atoms with van der Waals surface area (Å²) in [5.74, 6) is -0.728. The van der Waals surface area contributed by atoms with E-state index in [1.165, 1.54) is 12.1 Å². The number of amides is 1. The van der Waals surface area contributed by atoms with Gasteiger partial charge >= 0.3 is 0 Å². The maximum Gasteiger partial charge on any atom is 0.248 e. The second kappa shape index (κ2) is 5.70. The van der Waals surface area contributed by atoms with Crippen molar-refractivity contribution in [1.29, 1.82) is 0 Å². The number of nitrogens with two attached hydrogens (primary N) is 1. The van der Waals surface area contributed by atoms with E-state index in [1.807, 2.05) is 0 Å². The van der Waals surface area contributed by atoms with Crippen molar-refractivity contribution in [3.63, 3.8) is 0 Å². The number of primary amides is 1. The van der Waals surface area contributed by atoms with Crippen molar-refractivity contribution in [2.24, 2.45) is 5.73 Å². The Labute approximate surface area is 97.3 Å². The number of benzene rings is 1. The Kier molecular flexibility index (Phi) is 4.53. The van der Waals surface area contributed by atoms with Crippen LogP contribution in [0.4, 0.5) is 8.78 Å². The van der Waals surface area contributed by atoms with Crippen LogP contribution in [0, 0.1) is 0 Å². The number of hydrogen-bond acceptors (Lipinski definition) is 3. The predicted octanol–water partition coefficient (Wildman–Crippen LogP) is 2.01. The van der Waals surface area contributed by atoms with Gasteiger partial charge in [-0.2, -0.15) is 0 Å². The lowest BCUT2D eigenvalue weighted by molar-refractivity contribution is -0.0264. The molecule has 2 atom stereocenters. The number of carbonyl (C=O) groups is 1. The summed E-state index contributed by atoms with van der Waals surface area (Å²) in [5, 5.41) is 0. The number of halogens is 2. The maximum absolute atomic E-state index is 13.5. The van der Waals surface area contributed by atoms with Crippen LogP contribution >= 0.6 is 0 Å². The highest BCUT2D eigenvalue weighted by molar-refractivity contribution is 5.93. The van der Waals surface area contributed by atoms with E-state index in [4.69, 9.17) is 5.73 Å². The van der Waals surface area contributed by atoms with Crippen molar-refractivity contribution in [3.05, 3.63) is 34.9 Å².